The van der Waals surface area contributed by atoms with Gasteiger partial charge in [-0.15, -0.1) is 11.8 Å². The van der Waals surface area contributed by atoms with Crippen LogP contribution in [0.4, 0.5) is 4.39 Å². The van der Waals surface area contributed by atoms with Crippen LogP contribution < -0.4 is 5.32 Å². The molecule has 104 valence electrons. The SMILES string of the molecule is Cc1ccc(CNC2CCSc3c(F)cccc32)cc1. The van der Waals surface area contributed by atoms with Crippen LogP contribution in [0, 0.1) is 12.7 Å². The molecule has 0 amide bonds. The fourth-order valence-corrected chi connectivity index (χ4v) is 3.69. The zero-order valence-corrected chi connectivity index (χ0v) is 12.3. The van der Waals surface area contributed by atoms with Crippen molar-refractivity contribution in [3.05, 3.63) is 65.0 Å². The number of halogens is 1. The van der Waals surface area contributed by atoms with Gasteiger partial charge in [-0.1, -0.05) is 42.0 Å². The molecular formula is C17H18FNS. The second-order valence-corrected chi connectivity index (χ2v) is 6.32. The molecule has 0 bridgehead atoms. The molecule has 0 spiro atoms. The van der Waals surface area contributed by atoms with Gasteiger partial charge in [-0.05, 0) is 36.3 Å². The van der Waals surface area contributed by atoms with Crippen LogP contribution in [0.2, 0.25) is 0 Å². The molecule has 0 radical (unpaired) electrons. The van der Waals surface area contributed by atoms with E-state index < -0.39 is 0 Å². The monoisotopic (exact) mass is 287 g/mol. The smallest absolute Gasteiger partial charge is 0.137 e. The van der Waals surface area contributed by atoms with Crippen molar-refractivity contribution in [3.8, 4) is 0 Å². The Morgan fingerprint density at radius 3 is 2.80 bits per heavy atom. The Labute approximate surface area is 123 Å². The molecular weight excluding hydrogens is 269 g/mol. The molecule has 20 heavy (non-hydrogen) atoms. The van der Waals surface area contributed by atoms with E-state index in [1.54, 1.807) is 23.9 Å². The first-order chi connectivity index (χ1) is 9.74. The summed E-state index contributed by atoms with van der Waals surface area (Å²) in [4.78, 5) is 0.820. The van der Waals surface area contributed by atoms with Crippen molar-refractivity contribution in [2.75, 3.05) is 5.75 Å². The number of thioether (sulfide) groups is 1. The summed E-state index contributed by atoms with van der Waals surface area (Å²) in [5.41, 5.74) is 3.65. The van der Waals surface area contributed by atoms with Crippen molar-refractivity contribution in [1.29, 1.82) is 0 Å². The maximum absolute atomic E-state index is 13.8. The second-order valence-electron chi connectivity index (χ2n) is 5.21. The third kappa shape index (κ3) is 2.89. The molecule has 1 heterocycles. The van der Waals surface area contributed by atoms with Gasteiger partial charge in [0.1, 0.15) is 5.82 Å². The highest BCUT2D eigenvalue weighted by atomic mass is 32.2. The van der Waals surface area contributed by atoms with Crippen molar-refractivity contribution < 1.29 is 4.39 Å². The van der Waals surface area contributed by atoms with Crippen molar-refractivity contribution >= 4 is 11.8 Å². The standard InChI is InChI=1S/C17H18FNS/c1-12-5-7-13(8-6-12)11-19-16-9-10-20-17-14(16)3-2-4-15(17)18/h2-8,16,19H,9-11H2,1H3. The number of hydrogen-bond acceptors (Lipinski definition) is 2. The summed E-state index contributed by atoms with van der Waals surface area (Å²) in [5, 5.41) is 3.56. The van der Waals surface area contributed by atoms with E-state index in [1.807, 2.05) is 6.07 Å². The fraction of sp³-hybridized carbons (Fsp3) is 0.294. The normalized spacial score (nSPS) is 17.8. The van der Waals surface area contributed by atoms with Gasteiger partial charge in [-0.3, -0.25) is 0 Å². The molecule has 1 unspecified atom stereocenters. The van der Waals surface area contributed by atoms with E-state index in [0.717, 1.165) is 29.2 Å². The number of hydrogen-bond donors (Lipinski definition) is 1. The highest BCUT2D eigenvalue weighted by Crippen LogP contribution is 2.37. The third-order valence-electron chi connectivity index (χ3n) is 3.70. The van der Waals surface area contributed by atoms with E-state index >= 15 is 0 Å². The van der Waals surface area contributed by atoms with Crippen LogP contribution in [0.25, 0.3) is 0 Å². The third-order valence-corrected chi connectivity index (χ3v) is 4.86. The summed E-state index contributed by atoms with van der Waals surface area (Å²) in [7, 11) is 0. The zero-order valence-electron chi connectivity index (χ0n) is 11.5. The number of fused-ring (bicyclic) bond motifs is 1. The van der Waals surface area contributed by atoms with E-state index in [2.05, 4.69) is 36.5 Å². The maximum atomic E-state index is 13.8. The molecule has 0 fully saturated rings. The quantitative estimate of drug-likeness (QED) is 0.894. The van der Waals surface area contributed by atoms with Crippen LogP contribution >= 0.6 is 11.8 Å². The fourth-order valence-electron chi connectivity index (χ4n) is 2.55. The van der Waals surface area contributed by atoms with Crippen LogP contribution in [0.15, 0.2) is 47.4 Å². The van der Waals surface area contributed by atoms with E-state index in [1.165, 1.54) is 11.1 Å². The van der Waals surface area contributed by atoms with Gasteiger partial charge in [-0.2, -0.15) is 0 Å². The molecule has 1 N–H and O–H groups in total. The largest absolute Gasteiger partial charge is 0.306 e. The van der Waals surface area contributed by atoms with Crippen molar-refractivity contribution in [3.63, 3.8) is 0 Å². The van der Waals surface area contributed by atoms with Gasteiger partial charge in [0.05, 0.1) is 0 Å². The molecule has 3 heteroatoms. The van der Waals surface area contributed by atoms with Gasteiger partial charge >= 0.3 is 0 Å². The lowest BCUT2D eigenvalue weighted by molar-refractivity contribution is 0.496. The maximum Gasteiger partial charge on any atom is 0.137 e. The number of benzene rings is 2. The Morgan fingerprint density at radius 1 is 1.20 bits per heavy atom. The summed E-state index contributed by atoms with van der Waals surface area (Å²) >= 11 is 1.63. The summed E-state index contributed by atoms with van der Waals surface area (Å²) in [6.07, 6.45) is 1.05. The first kappa shape index (κ1) is 13.7. The molecule has 1 atom stereocenters. The van der Waals surface area contributed by atoms with Crippen molar-refractivity contribution in [2.45, 2.75) is 30.8 Å². The molecule has 0 saturated carbocycles. The second kappa shape index (κ2) is 5.98. The summed E-state index contributed by atoms with van der Waals surface area (Å²) in [6, 6.07) is 14.2. The lowest BCUT2D eigenvalue weighted by Gasteiger charge is -2.26. The predicted octanol–water partition coefficient (Wildman–Crippen LogP) is 4.46. The lowest BCUT2D eigenvalue weighted by Crippen LogP contribution is -2.24. The Bertz CT molecular complexity index is 594. The Morgan fingerprint density at radius 2 is 2.00 bits per heavy atom. The average Bonchev–Trinajstić information content (AvgIpc) is 2.47. The molecule has 3 rings (SSSR count). The summed E-state index contributed by atoms with van der Waals surface area (Å²) in [5.74, 6) is 0.883. The number of nitrogens with one attached hydrogen (secondary N) is 1. The minimum atomic E-state index is -0.0886. The van der Waals surface area contributed by atoms with Crippen LogP contribution in [0.5, 0.6) is 0 Å². The molecule has 1 aliphatic heterocycles. The van der Waals surface area contributed by atoms with Gasteiger partial charge in [0, 0.05) is 17.5 Å². The van der Waals surface area contributed by atoms with Gasteiger partial charge in [-0.25, -0.2) is 4.39 Å². The Kier molecular flexibility index (Phi) is 4.08. The van der Waals surface area contributed by atoms with Gasteiger partial charge in [0.2, 0.25) is 0 Å². The van der Waals surface area contributed by atoms with Crippen molar-refractivity contribution in [1.82, 2.24) is 5.32 Å². The van der Waals surface area contributed by atoms with E-state index in [4.69, 9.17) is 0 Å². The van der Waals surface area contributed by atoms with Crippen LogP contribution in [0.1, 0.15) is 29.2 Å². The molecule has 0 saturated heterocycles. The number of aryl methyl sites for hydroxylation is 1. The minimum Gasteiger partial charge on any atom is -0.306 e. The Hall–Kier alpha value is -1.32. The van der Waals surface area contributed by atoms with E-state index in [9.17, 15) is 4.39 Å². The molecule has 2 aromatic rings. The molecule has 0 aliphatic carbocycles. The minimum absolute atomic E-state index is 0.0886. The highest BCUT2D eigenvalue weighted by Gasteiger charge is 2.22. The molecule has 1 nitrogen and oxygen atoms in total. The summed E-state index contributed by atoms with van der Waals surface area (Å²) < 4.78 is 13.8. The first-order valence-electron chi connectivity index (χ1n) is 6.94. The van der Waals surface area contributed by atoms with Crippen LogP contribution in [-0.4, -0.2) is 5.75 Å². The molecule has 2 aromatic carbocycles. The number of rotatable bonds is 3. The topological polar surface area (TPSA) is 12.0 Å². The van der Waals surface area contributed by atoms with Gasteiger partial charge < -0.3 is 5.32 Å². The lowest BCUT2D eigenvalue weighted by atomic mass is 10.0. The summed E-state index contributed by atoms with van der Waals surface area (Å²) in [6.45, 7) is 2.92. The van der Waals surface area contributed by atoms with E-state index in [0.29, 0.717) is 0 Å². The predicted molar refractivity (Wildman–Crippen MR) is 82.5 cm³/mol. The zero-order chi connectivity index (χ0) is 13.9. The highest BCUT2D eigenvalue weighted by molar-refractivity contribution is 7.99. The first-order valence-corrected chi connectivity index (χ1v) is 7.93. The van der Waals surface area contributed by atoms with Crippen LogP contribution in [0.3, 0.4) is 0 Å². The Balaban J connectivity index is 1.73. The van der Waals surface area contributed by atoms with Gasteiger partial charge in [0.25, 0.3) is 0 Å². The molecule has 0 aromatic heterocycles. The molecule has 1 aliphatic rings. The van der Waals surface area contributed by atoms with Crippen molar-refractivity contribution in [2.24, 2.45) is 0 Å². The average molecular weight is 287 g/mol. The van der Waals surface area contributed by atoms with Crippen LogP contribution in [-0.2, 0) is 6.54 Å². The van der Waals surface area contributed by atoms with E-state index in [-0.39, 0.29) is 11.9 Å². The van der Waals surface area contributed by atoms with Gasteiger partial charge in [0.15, 0.2) is 0 Å².